The van der Waals surface area contributed by atoms with E-state index in [1.807, 2.05) is 35.0 Å². The zero-order chi connectivity index (χ0) is 20.0. The van der Waals surface area contributed by atoms with Crippen LogP contribution in [0.15, 0.2) is 60.4 Å². The third-order valence-corrected chi connectivity index (χ3v) is 5.53. The Morgan fingerprint density at radius 2 is 1.93 bits per heavy atom. The predicted octanol–water partition coefficient (Wildman–Crippen LogP) is 4.52. The molecule has 2 aliphatic rings. The van der Waals surface area contributed by atoms with Crippen molar-refractivity contribution in [3.63, 3.8) is 0 Å². The number of methoxy groups -OCH3 is 1. The van der Waals surface area contributed by atoms with Gasteiger partial charge < -0.3 is 14.8 Å². The van der Waals surface area contributed by atoms with E-state index in [0.717, 1.165) is 40.7 Å². The average molecular weight is 388 g/mol. The number of aromatic nitrogens is 3. The molecule has 1 N–H and O–H groups in total. The SMILES string of the molecule is COc1ccc(C2C3=C(Nc4ncnn42)c2ccccc2OC3CC(C)C)cc1. The van der Waals surface area contributed by atoms with Crippen LogP contribution < -0.4 is 14.8 Å². The van der Waals surface area contributed by atoms with Crippen molar-refractivity contribution in [3.8, 4) is 11.5 Å². The summed E-state index contributed by atoms with van der Waals surface area (Å²) in [5, 5.41) is 8.06. The van der Waals surface area contributed by atoms with Crippen molar-refractivity contribution in [1.29, 1.82) is 0 Å². The minimum absolute atomic E-state index is 0.0446. The van der Waals surface area contributed by atoms with Crippen molar-refractivity contribution in [2.24, 2.45) is 5.92 Å². The summed E-state index contributed by atoms with van der Waals surface area (Å²) in [4.78, 5) is 4.46. The van der Waals surface area contributed by atoms with E-state index in [-0.39, 0.29) is 12.1 Å². The highest BCUT2D eigenvalue weighted by Crippen LogP contribution is 2.47. The molecule has 0 amide bonds. The number of benzene rings is 2. The first-order chi connectivity index (χ1) is 14.2. The summed E-state index contributed by atoms with van der Waals surface area (Å²) in [6, 6.07) is 16.3. The number of rotatable bonds is 4. The second-order valence-corrected chi connectivity index (χ2v) is 7.89. The first-order valence-electron chi connectivity index (χ1n) is 9.96. The van der Waals surface area contributed by atoms with Crippen molar-refractivity contribution in [2.45, 2.75) is 32.4 Å². The Kier molecular flexibility index (Phi) is 4.27. The zero-order valence-electron chi connectivity index (χ0n) is 16.8. The van der Waals surface area contributed by atoms with Gasteiger partial charge in [-0.05, 0) is 42.2 Å². The van der Waals surface area contributed by atoms with Gasteiger partial charge >= 0.3 is 0 Å². The van der Waals surface area contributed by atoms with Crippen LogP contribution in [0.1, 0.15) is 37.4 Å². The van der Waals surface area contributed by atoms with Crippen LogP contribution in [0.4, 0.5) is 5.95 Å². The smallest absolute Gasteiger partial charge is 0.226 e. The van der Waals surface area contributed by atoms with Crippen LogP contribution in [-0.2, 0) is 0 Å². The average Bonchev–Trinajstić information content (AvgIpc) is 3.20. The Bertz CT molecular complexity index is 1070. The van der Waals surface area contributed by atoms with E-state index in [1.165, 1.54) is 5.57 Å². The highest BCUT2D eigenvalue weighted by molar-refractivity contribution is 5.84. The quantitative estimate of drug-likeness (QED) is 0.712. The summed E-state index contributed by atoms with van der Waals surface area (Å²) in [5.41, 5.74) is 4.47. The highest BCUT2D eigenvalue weighted by Gasteiger charge is 2.40. The molecule has 2 aliphatic heterocycles. The van der Waals surface area contributed by atoms with Gasteiger partial charge in [0.05, 0.1) is 12.8 Å². The van der Waals surface area contributed by atoms with Crippen molar-refractivity contribution < 1.29 is 9.47 Å². The third kappa shape index (κ3) is 2.95. The Morgan fingerprint density at radius 1 is 1.14 bits per heavy atom. The summed E-state index contributed by atoms with van der Waals surface area (Å²) in [5.74, 6) is 2.97. The summed E-state index contributed by atoms with van der Waals surface area (Å²) in [7, 11) is 1.68. The molecule has 0 radical (unpaired) electrons. The molecular weight excluding hydrogens is 364 g/mol. The molecule has 6 nitrogen and oxygen atoms in total. The predicted molar refractivity (Wildman–Crippen MR) is 112 cm³/mol. The summed E-state index contributed by atoms with van der Waals surface area (Å²) < 4.78 is 13.8. The van der Waals surface area contributed by atoms with E-state index < -0.39 is 0 Å². The molecule has 0 saturated carbocycles. The Balaban J connectivity index is 1.72. The fraction of sp³-hybridized carbons (Fsp3) is 0.304. The number of para-hydroxylation sites is 1. The number of hydrogen-bond donors (Lipinski definition) is 1. The molecular formula is C23H24N4O2. The van der Waals surface area contributed by atoms with E-state index in [4.69, 9.17) is 9.47 Å². The Morgan fingerprint density at radius 3 is 2.69 bits per heavy atom. The van der Waals surface area contributed by atoms with E-state index in [0.29, 0.717) is 5.92 Å². The third-order valence-electron chi connectivity index (χ3n) is 5.53. The minimum atomic E-state index is -0.0910. The van der Waals surface area contributed by atoms with E-state index in [1.54, 1.807) is 13.4 Å². The number of nitrogens with one attached hydrogen (secondary N) is 1. The van der Waals surface area contributed by atoms with Crippen LogP contribution in [0.25, 0.3) is 5.70 Å². The number of nitrogens with zero attached hydrogens (tertiary/aromatic N) is 3. The van der Waals surface area contributed by atoms with Gasteiger partial charge in [-0.3, -0.25) is 0 Å². The number of hydrogen-bond acceptors (Lipinski definition) is 5. The molecule has 2 aromatic carbocycles. The van der Waals surface area contributed by atoms with Crippen LogP contribution in [0.5, 0.6) is 11.5 Å². The van der Waals surface area contributed by atoms with Crippen molar-refractivity contribution >= 4 is 11.6 Å². The summed E-state index contributed by atoms with van der Waals surface area (Å²) >= 11 is 0. The van der Waals surface area contributed by atoms with Gasteiger partial charge in [-0.15, -0.1) is 0 Å². The molecule has 0 saturated heterocycles. The van der Waals surface area contributed by atoms with Crippen LogP contribution in [0.2, 0.25) is 0 Å². The molecule has 29 heavy (non-hydrogen) atoms. The maximum absolute atomic E-state index is 6.52. The van der Waals surface area contributed by atoms with E-state index >= 15 is 0 Å². The van der Waals surface area contributed by atoms with Crippen molar-refractivity contribution in [3.05, 3.63) is 71.6 Å². The molecule has 1 aromatic heterocycles. The van der Waals surface area contributed by atoms with Gasteiger partial charge in [-0.25, -0.2) is 4.68 Å². The molecule has 0 fully saturated rings. The Labute approximate surface area is 170 Å². The molecule has 2 unspecified atom stereocenters. The Hall–Kier alpha value is -3.28. The van der Waals surface area contributed by atoms with Gasteiger partial charge in [0.1, 0.15) is 30.0 Å². The molecule has 3 heterocycles. The fourth-order valence-corrected chi connectivity index (χ4v) is 4.24. The number of fused-ring (bicyclic) bond motifs is 3. The van der Waals surface area contributed by atoms with Gasteiger partial charge in [0.15, 0.2) is 0 Å². The first-order valence-corrected chi connectivity index (χ1v) is 9.96. The van der Waals surface area contributed by atoms with Crippen molar-refractivity contribution in [2.75, 3.05) is 12.4 Å². The molecule has 5 rings (SSSR count). The van der Waals surface area contributed by atoms with Crippen molar-refractivity contribution in [1.82, 2.24) is 14.8 Å². The molecule has 6 heteroatoms. The molecule has 148 valence electrons. The fourth-order valence-electron chi connectivity index (χ4n) is 4.24. The normalized spacial score (nSPS) is 19.7. The van der Waals surface area contributed by atoms with E-state index in [9.17, 15) is 0 Å². The lowest BCUT2D eigenvalue weighted by atomic mass is 9.84. The lowest BCUT2D eigenvalue weighted by Gasteiger charge is -2.39. The number of anilines is 1. The second kappa shape index (κ2) is 6.95. The highest BCUT2D eigenvalue weighted by atomic mass is 16.5. The maximum Gasteiger partial charge on any atom is 0.226 e. The van der Waals surface area contributed by atoms with Gasteiger partial charge in [0.2, 0.25) is 5.95 Å². The molecule has 2 atom stereocenters. The lowest BCUT2D eigenvalue weighted by molar-refractivity contribution is 0.191. The maximum atomic E-state index is 6.52. The summed E-state index contributed by atoms with van der Waals surface area (Å²) in [6.45, 7) is 4.45. The number of ether oxygens (including phenoxy) is 2. The standard InChI is InChI=1S/C23H24N4O2/c1-14(2)12-19-20-21(17-6-4-5-7-18(17)29-19)26-23-24-13-25-27(23)22(20)15-8-10-16(28-3)11-9-15/h4-11,13-14,19,22H,12H2,1-3H3,(H,24,25,26). The monoisotopic (exact) mass is 388 g/mol. The minimum Gasteiger partial charge on any atom is -0.497 e. The van der Waals surface area contributed by atoms with Gasteiger partial charge in [0.25, 0.3) is 0 Å². The van der Waals surface area contributed by atoms with E-state index in [2.05, 4.69) is 47.4 Å². The molecule has 3 aromatic rings. The van der Waals surface area contributed by atoms with Gasteiger partial charge in [-0.2, -0.15) is 10.1 Å². The van der Waals surface area contributed by atoms with Crippen LogP contribution in [0, 0.1) is 5.92 Å². The topological polar surface area (TPSA) is 61.2 Å². The lowest BCUT2D eigenvalue weighted by Crippen LogP contribution is -2.37. The second-order valence-electron chi connectivity index (χ2n) is 7.89. The van der Waals surface area contributed by atoms with Crippen LogP contribution in [-0.4, -0.2) is 28.0 Å². The first kappa shape index (κ1) is 17.8. The molecule has 0 spiro atoms. The largest absolute Gasteiger partial charge is 0.497 e. The van der Waals surface area contributed by atoms with Crippen LogP contribution in [0.3, 0.4) is 0 Å². The van der Waals surface area contributed by atoms with Gasteiger partial charge in [0, 0.05) is 11.1 Å². The van der Waals surface area contributed by atoms with Gasteiger partial charge in [-0.1, -0.05) is 38.1 Å². The zero-order valence-corrected chi connectivity index (χ0v) is 16.8. The molecule has 0 aliphatic carbocycles. The van der Waals surface area contributed by atoms with Crippen LogP contribution >= 0.6 is 0 Å². The summed E-state index contributed by atoms with van der Waals surface area (Å²) in [6.07, 6.45) is 2.48. The molecule has 0 bridgehead atoms.